The SMILES string of the molecule is BC(B)(B)O[C@]1(C)C[C@H](Cn2c(-c3cc4cccnc4n3CC3CC3)nc3cc(C(=O)N4C[C@H]5CCC4C5N)cc(OC)c32)C1. The number of likely N-dealkylation sites (tertiary alicyclic amines) is 1. The van der Waals surface area contributed by atoms with Gasteiger partial charge in [0.2, 0.25) is 0 Å². The largest absolute Gasteiger partial charge is 0.494 e. The first kappa shape index (κ1) is 29.2. The van der Waals surface area contributed by atoms with Crippen LogP contribution >= 0.6 is 0 Å². The molecule has 12 heteroatoms. The first-order valence-electron chi connectivity index (χ1n) is 16.8. The minimum atomic E-state index is -0.186. The third kappa shape index (κ3) is 5.08. The highest BCUT2D eigenvalue weighted by molar-refractivity contribution is 6.58. The molecule has 0 spiro atoms. The second-order valence-electron chi connectivity index (χ2n) is 15.5. The number of pyridine rings is 1. The maximum Gasteiger partial charge on any atom is 0.254 e. The van der Waals surface area contributed by atoms with Gasteiger partial charge in [-0.15, -0.1) is 0 Å². The van der Waals surface area contributed by atoms with Gasteiger partial charge < -0.3 is 29.2 Å². The second-order valence-corrected chi connectivity index (χ2v) is 15.5. The van der Waals surface area contributed by atoms with E-state index in [1.807, 2.05) is 29.3 Å². The number of ether oxygens (including phenoxy) is 2. The summed E-state index contributed by atoms with van der Waals surface area (Å²) in [5, 5.41) is 0.929. The van der Waals surface area contributed by atoms with Crippen LogP contribution in [0, 0.1) is 17.8 Å². The maximum absolute atomic E-state index is 13.9. The van der Waals surface area contributed by atoms with E-state index in [0.717, 1.165) is 78.9 Å². The minimum Gasteiger partial charge on any atom is -0.494 e. The summed E-state index contributed by atoms with van der Waals surface area (Å²) in [7, 11) is 8.08. The molecule has 4 fully saturated rings. The van der Waals surface area contributed by atoms with Crippen LogP contribution in [0.4, 0.5) is 0 Å². The quantitative estimate of drug-likeness (QED) is 0.293. The summed E-state index contributed by atoms with van der Waals surface area (Å²) in [5.41, 5.74) is 10.7. The molecule has 4 aromatic rings. The van der Waals surface area contributed by atoms with E-state index in [1.165, 1.54) is 12.8 Å². The first-order valence-corrected chi connectivity index (χ1v) is 16.8. The Morgan fingerprint density at radius 3 is 2.53 bits per heavy atom. The molecule has 8 rings (SSSR count). The van der Waals surface area contributed by atoms with Crippen molar-refractivity contribution in [1.82, 2.24) is 24.0 Å². The van der Waals surface area contributed by atoms with Crippen molar-refractivity contribution in [2.45, 2.75) is 81.5 Å². The number of amides is 1. The average molecular weight is 604 g/mol. The van der Waals surface area contributed by atoms with E-state index >= 15 is 0 Å². The Balaban J connectivity index is 1.23. The zero-order valence-corrected chi connectivity index (χ0v) is 27.3. The maximum atomic E-state index is 13.9. The van der Waals surface area contributed by atoms with E-state index < -0.39 is 0 Å². The third-order valence-electron chi connectivity index (χ3n) is 10.6. The molecule has 45 heavy (non-hydrogen) atoms. The molecule has 1 saturated heterocycles. The highest BCUT2D eigenvalue weighted by Crippen LogP contribution is 2.45. The predicted octanol–water partition coefficient (Wildman–Crippen LogP) is 1.73. The topological polar surface area (TPSA) is 100 Å². The number of imidazole rings is 1. The molecule has 4 aliphatic rings. The van der Waals surface area contributed by atoms with Crippen LogP contribution in [-0.4, -0.2) is 90.1 Å². The zero-order valence-electron chi connectivity index (χ0n) is 27.3. The van der Waals surface area contributed by atoms with Gasteiger partial charge in [-0.25, -0.2) is 9.97 Å². The highest BCUT2D eigenvalue weighted by atomic mass is 16.5. The Hall–Kier alpha value is -3.24. The lowest BCUT2D eigenvalue weighted by atomic mass is 9.51. The van der Waals surface area contributed by atoms with E-state index in [2.05, 4.69) is 51.7 Å². The Kier molecular flexibility index (Phi) is 6.74. The predicted molar refractivity (Wildman–Crippen MR) is 184 cm³/mol. The molecule has 1 amide bonds. The number of rotatable bonds is 9. The summed E-state index contributed by atoms with van der Waals surface area (Å²) >= 11 is 0. The van der Waals surface area contributed by atoms with Crippen LogP contribution in [0.3, 0.4) is 0 Å². The van der Waals surface area contributed by atoms with Gasteiger partial charge in [-0.3, -0.25) is 4.79 Å². The van der Waals surface area contributed by atoms with Crippen molar-refractivity contribution in [3.63, 3.8) is 0 Å². The van der Waals surface area contributed by atoms with Crippen LogP contribution in [0.15, 0.2) is 36.5 Å². The van der Waals surface area contributed by atoms with Crippen molar-refractivity contribution in [3.8, 4) is 17.3 Å². The summed E-state index contributed by atoms with van der Waals surface area (Å²) in [5.74, 6) is 3.10. The van der Waals surface area contributed by atoms with Crippen molar-refractivity contribution < 1.29 is 14.3 Å². The van der Waals surface area contributed by atoms with Gasteiger partial charge in [0.15, 0.2) is 5.82 Å². The first-order chi connectivity index (χ1) is 21.5. The zero-order chi connectivity index (χ0) is 31.2. The number of hydrogen-bond acceptors (Lipinski definition) is 6. The molecule has 2 bridgehead atoms. The number of piperidine rings is 1. The standard InChI is InChI=1S/C33H43B3N6O3/c1-32(45-33(34,35)36)13-19(14-32)16-42-28-23(10-22(12-26(28)44-2)31(43)41-17-21-7-8-24(41)27(21)37)39-30(42)25-11-20-4-3-9-38-29(20)40(25)15-18-5-6-18/h3-4,9-12,18-19,21,24,27H,5-8,13-17,34-37H2,1-2H3/t19-,21-,24?,27?,32+/m1/s1. The number of fused-ring (bicyclic) bond motifs is 4. The Morgan fingerprint density at radius 2 is 1.87 bits per heavy atom. The lowest BCUT2D eigenvalue weighted by molar-refractivity contribution is -0.123. The fourth-order valence-corrected chi connectivity index (χ4v) is 8.72. The van der Waals surface area contributed by atoms with Crippen molar-refractivity contribution in [2.75, 3.05) is 13.7 Å². The van der Waals surface area contributed by atoms with Gasteiger partial charge in [0.05, 0.1) is 23.9 Å². The molecule has 2 N–H and O–H groups in total. The van der Waals surface area contributed by atoms with E-state index in [0.29, 0.717) is 29.1 Å². The molecule has 232 valence electrons. The smallest absolute Gasteiger partial charge is 0.254 e. The van der Waals surface area contributed by atoms with Gasteiger partial charge in [0, 0.05) is 48.9 Å². The highest BCUT2D eigenvalue weighted by Gasteiger charge is 2.47. The molecular weight excluding hydrogens is 561 g/mol. The Morgan fingerprint density at radius 1 is 1.09 bits per heavy atom. The second kappa shape index (κ2) is 10.4. The van der Waals surface area contributed by atoms with Crippen LogP contribution < -0.4 is 10.5 Å². The normalized spacial score (nSPS) is 27.8. The van der Waals surface area contributed by atoms with Gasteiger partial charge in [-0.1, -0.05) is 0 Å². The van der Waals surface area contributed by atoms with Gasteiger partial charge >= 0.3 is 0 Å². The summed E-state index contributed by atoms with van der Waals surface area (Å²) in [6.45, 7) is 4.69. The van der Waals surface area contributed by atoms with Crippen LogP contribution in [0.25, 0.3) is 33.6 Å². The molecule has 1 aromatic carbocycles. The van der Waals surface area contributed by atoms with E-state index in [1.54, 1.807) is 7.11 Å². The fourth-order valence-electron chi connectivity index (χ4n) is 8.72. The van der Waals surface area contributed by atoms with Crippen LogP contribution in [0.1, 0.15) is 55.8 Å². The number of methoxy groups -OCH3 is 1. The summed E-state index contributed by atoms with van der Waals surface area (Å²) < 4.78 is 17.2. The molecule has 4 heterocycles. The number of carbonyl (C=O) groups is 1. The van der Waals surface area contributed by atoms with E-state index in [-0.39, 0.29) is 28.9 Å². The van der Waals surface area contributed by atoms with Crippen LogP contribution in [0.2, 0.25) is 0 Å². The van der Waals surface area contributed by atoms with Crippen LogP contribution in [-0.2, 0) is 17.8 Å². The molecule has 1 aliphatic heterocycles. The Bertz CT molecular complexity index is 1800. The number of benzene rings is 1. The van der Waals surface area contributed by atoms with Crippen LogP contribution in [0.5, 0.6) is 5.75 Å². The van der Waals surface area contributed by atoms with Gasteiger partial charge in [0.25, 0.3) is 5.91 Å². The number of hydrogen-bond donors (Lipinski definition) is 1. The molecule has 2 unspecified atom stereocenters. The molecule has 3 aliphatic carbocycles. The summed E-state index contributed by atoms with van der Waals surface area (Å²) in [4.78, 5) is 26.0. The van der Waals surface area contributed by atoms with E-state index in [9.17, 15) is 4.79 Å². The number of nitrogens with zero attached hydrogens (tertiary/aromatic N) is 5. The molecule has 0 radical (unpaired) electrons. The molecule has 3 atom stereocenters. The fraction of sp³-hybridized carbons (Fsp3) is 0.545. The Labute approximate surface area is 267 Å². The van der Waals surface area contributed by atoms with E-state index in [4.69, 9.17) is 25.2 Å². The average Bonchev–Trinajstić information content (AvgIpc) is 3.34. The van der Waals surface area contributed by atoms with Crippen molar-refractivity contribution in [1.29, 1.82) is 0 Å². The van der Waals surface area contributed by atoms with Gasteiger partial charge in [0.1, 0.15) is 40.5 Å². The van der Waals surface area contributed by atoms with Crippen molar-refractivity contribution >= 4 is 51.5 Å². The minimum absolute atomic E-state index is 0.0232. The number of aromatic nitrogens is 4. The van der Waals surface area contributed by atoms with Gasteiger partial charge in [-0.2, -0.15) is 0 Å². The molecule has 3 aromatic heterocycles. The molecule has 3 saturated carbocycles. The van der Waals surface area contributed by atoms with Crippen molar-refractivity contribution in [2.24, 2.45) is 23.5 Å². The lowest BCUT2D eigenvalue weighted by Crippen LogP contribution is -2.52. The molecular formula is C33H43B3N6O3. The lowest BCUT2D eigenvalue weighted by Gasteiger charge is -2.49. The number of carbonyl (C=O) groups excluding carboxylic acids is 1. The summed E-state index contributed by atoms with van der Waals surface area (Å²) in [6, 6.07) is 10.4. The number of nitrogens with two attached hydrogens (primary N) is 1. The van der Waals surface area contributed by atoms with Gasteiger partial charge in [-0.05, 0) is 98.8 Å². The summed E-state index contributed by atoms with van der Waals surface area (Å²) in [6.07, 6.45) is 8.42. The molecule has 9 nitrogen and oxygen atoms in total. The monoisotopic (exact) mass is 604 g/mol. The third-order valence-corrected chi connectivity index (χ3v) is 10.6. The van der Waals surface area contributed by atoms with Crippen molar-refractivity contribution in [3.05, 3.63) is 42.1 Å².